The highest BCUT2D eigenvalue weighted by atomic mass is 15.2. The summed E-state index contributed by atoms with van der Waals surface area (Å²) in [7, 11) is 2.21. The zero-order valence-corrected chi connectivity index (χ0v) is 13.5. The molecule has 0 aromatic heterocycles. The molecule has 1 aromatic rings. The third kappa shape index (κ3) is 3.83. The highest BCUT2D eigenvalue weighted by Crippen LogP contribution is 2.40. The van der Waals surface area contributed by atoms with Crippen LogP contribution in [0, 0.1) is 5.92 Å². The van der Waals surface area contributed by atoms with E-state index in [-0.39, 0.29) is 0 Å². The molecule has 2 N–H and O–H groups in total. The van der Waals surface area contributed by atoms with Gasteiger partial charge < -0.3 is 5.73 Å². The highest BCUT2D eigenvalue weighted by Gasteiger charge is 2.24. The lowest BCUT2D eigenvalue weighted by Gasteiger charge is -2.33. The lowest BCUT2D eigenvalue weighted by atomic mass is 9.98. The molecule has 2 nitrogen and oxygen atoms in total. The predicted molar refractivity (Wildman–Crippen MR) is 86.9 cm³/mol. The van der Waals surface area contributed by atoms with E-state index in [9.17, 15) is 0 Å². The lowest BCUT2D eigenvalue weighted by molar-refractivity contribution is 0.168. The molecule has 0 saturated heterocycles. The van der Waals surface area contributed by atoms with Gasteiger partial charge in [-0.15, -0.1) is 0 Å². The second-order valence-corrected chi connectivity index (χ2v) is 6.84. The fraction of sp³-hybridized carbons (Fsp3) is 0.667. The molecule has 2 rings (SSSR count). The summed E-state index contributed by atoms with van der Waals surface area (Å²) in [6.07, 6.45) is 3.95. The van der Waals surface area contributed by atoms with Crippen LogP contribution >= 0.6 is 0 Å². The molecule has 0 bridgehead atoms. The SMILES string of the molecule is CC(C)CC(C)N(C)C(CN)c1ccc(C2CC2)cc1. The monoisotopic (exact) mass is 274 g/mol. The Morgan fingerprint density at radius 1 is 1.15 bits per heavy atom. The minimum Gasteiger partial charge on any atom is -0.329 e. The first kappa shape index (κ1) is 15.5. The maximum atomic E-state index is 6.04. The number of nitrogens with zero attached hydrogens (tertiary/aromatic N) is 1. The van der Waals surface area contributed by atoms with Crippen LogP contribution in [0.15, 0.2) is 24.3 Å². The molecule has 1 aromatic carbocycles. The van der Waals surface area contributed by atoms with Crippen LogP contribution < -0.4 is 5.73 Å². The Bertz CT molecular complexity index is 406. The number of rotatable bonds is 7. The molecule has 0 amide bonds. The van der Waals surface area contributed by atoms with Gasteiger partial charge in [0.15, 0.2) is 0 Å². The van der Waals surface area contributed by atoms with Crippen molar-refractivity contribution in [3.8, 4) is 0 Å². The first-order chi connectivity index (χ1) is 9.52. The van der Waals surface area contributed by atoms with Crippen molar-refractivity contribution < 1.29 is 0 Å². The smallest absolute Gasteiger partial charge is 0.0470 e. The van der Waals surface area contributed by atoms with E-state index < -0.39 is 0 Å². The van der Waals surface area contributed by atoms with E-state index in [0.29, 0.717) is 18.6 Å². The number of likely N-dealkylation sites (N-methyl/N-ethyl adjacent to an activating group) is 1. The third-order valence-electron chi connectivity index (χ3n) is 4.59. The quantitative estimate of drug-likeness (QED) is 0.816. The zero-order valence-electron chi connectivity index (χ0n) is 13.5. The molecule has 2 heteroatoms. The maximum Gasteiger partial charge on any atom is 0.0470 e. The minimum absolute atomic E-state index is 0.331. The summed E-state index contributed by atoms with van der Waals surface area (Å²) in [5.74, 6) is 1.56. The molecule has 0 heterocycles. The Kier molecular flexibility index (Phi) is 5.22. The second-order valence-electron chi connectivity index (χ2n) is 6.84. The van der Waals surface area contributed by atoms with Crippen molar-refractivity contribution in [3.63, 3.8) is 0 Å². The summed E-state index contributed by atoms with van der Waals surface area (Å²) in [4.78, 5) is 2.44. The molecule has 1 aliphatic rings. The molecule has 1 fully saturated rings. The topological polar surface area (TPSA) is 29.3 Å². The summed E-state index contributed by atoms with van der Waals surface area (Å²) in [6.45, 7) is 7.56. The molecule has 20 heavy (non-hydrogen) atoms. The van der Waals surface area contributed by atoms with Crippen molar-refractivity contribution in [1.29, 1.82) is 0 Å². The van der Waals surface area contributed by atoms with Gasteiger partial charge in [0, 0.05) is 18.6 Å². The average molecular weight is 274 g/mol. The van der Waals surface area contributed by atoms with E-state index in [1.165, 1.54) is 30.4 Å². The molecule has 0 radical (unpaired) electrons. The Morgan fingerprint density at radius 3 is 2.20 bits per heavy atom. The van der Waals surface area contributed by atoms with E-state index in [0.717, 1.165) is 11.8 Å². The number of benzene rings is 1. The number of nitrogens with two attached hydrogens (primary N) is 1. The maximum absolute atomic E-state index is 6.04. The Labute approximate surface area is 124 Å². The van der Waals surface area contributed by atoms with Crippen molar-refractivity contribution >= 4 is 0 Å². The lowest BCUT2D eigenvalue weighted by Crippen LogP contribution is -2.37. The largest absolute Gasteiger partial charge is 0.329 e. The van der Waals surface area contributed by atoms with Gasteiger partial charge in [-0.1, -0.05) is 38.1 Å². The average Bonchev–Trinajstić information content (AvgIpc) is 3.24. The van der Waals surface area contributed by atoms with E-state index in [1.807, 2.05) is 0 Å². The molecular weight excluding hydrogens is 244 g/mol. The zero-order chi connectivity index (χ0) is 14.7. The van der Waals surface area contributed by atoms with Crippen molar-refractivity contribution in [2.24, 2.45) is 11.7 Å². The van der Waals surface area contributed by atoms with Gasteiger partial charge in [0.2, 0.25) is 0 Å². The van der Waals surface area contributed by atoms with Crippen LogP contribution in [-0.2, 0) is 0 Å². The Morgan fingerprint density at radius 2 is 1.75 bits per heavy atom. The van der Waals surface area contributed by atoms with Crippen molar-refractivity contribution in [3.05, 3.63) is 35.4 Å². The van der Waals surface area contributed by atoms with E-state index in [4.69, 9.17) is 5.73 Å². The van der Waals surface area contributed by atoms with Gasteiger partial charge in [0.25, 0.3) is 0 Å². The molecule has 2 unspecified atom stereocenters. The first-order valence-corrected chi connectivity index (χ1v) is 8.04. The van der Waals surface area contributed by atoms with Gasteiger partial charge >= 0.3 is 0 Å². The Hall–Kier alpha value is -0.860. The molecular formula is C18H30N2. The number of hydrogen-bond donors (Lipinski definition) is 1. The van der Waals surface area contributed by atoms with Crippen molar-refractivity contribution in [2.75, 3.05) is 13.6 Å². The van der Waals surface area contributed by atoms with Crippen LogP contribution in [0.5, 0.6) is 0 Å². The molecule has 0 spiro atoms. The van der Waals surface area contributed by atoms with Gasteiger partial charge in [-0.25, -0.2) is 0 Å². The fourth-order valence-corrected chi connectivity index (χ4v) is 3.10. The van der Waals surface area contributed by atoms with Gasteiger partial charge in [-0.3, -0.25) is 4.90 Å². The van der Waals surface area contributed by atoms with Gasteiger partial charge in [0.1, 0.15) is 0 Å². The molecule has 1 aliphatic carbocycles. The summed E-state index contributed by atoms with van der Waals surface area (Å²) < 4.78 is 0. The normalized spacial score (nSPS) is 18.6. The van der Waals surface area contributed by atoms with Crippen LogP contribution in [0.1, 0.15) is 63.1 Å². The summed E-state index contributed by atoms with van der Waals surface area (Å²) in [5.41, 5.74) is 8.90. The van der Waals surface area contributed by atoms with Gasteiger partial charge in [0.05, 0.1) is 0 Å². The highest BCUT2D eigenvalue weighted by molar-refractivity contribution is 5.30. The summed E-state index contributed by atoms with van der Waals surface area (Å²) >= 11 is 0. The van der Waals surface area contributed by atoms with Crippen molar-refractivity contribution in [1.82, 2.24) is 4.90 Å². The Balaban J connectivity index is 2.05. The first-order valence-electron chi connectivity index (χ1n) is 8.04. The van der Waals surface area contributed by atoms with Gasteiger partial charge in [-0.05, 0) is 56.2 Å². The van der Waals surface area contributed by atoms with E-state index >= 15 is 0 Å². The molecule has 0 aliphatic heterocycles. The van der Waals surface area contributed by atoms with Crippen LogP contribution in [0.3, 0.4) is 0 Å². The van der Waals surface area contributed by atoms with Crippen LogP contribution in [-0.4, -0.2) is 24.5 Å². The standard InChI is InChI=1S/C18H30N2/c1-13(2)11-14(3)20(4)18(12-19)17-9-7-16(8-10-17)15-5-6-15/h7-10,13-15,18H,5-6,11-12,19H2,1-4H3. The second kappa shape index (κ2) is 6.73. The molecule has 112 valence electrons. The van der Waals surface area contributed by atoms with E-state index in [2.05, 4.69) is 57.0 Å². The van der Waals surface area contributed by atoms with E-state index in [1.54, 1.807) is 0 Å². The van der Waals surface area contributed by atoms with Gasteiger partial charge in [-0.2, -0.15) is 0 Å². The number of hydrogen-bond acceptors (Lipinski definition) is 2. The van der Waals surface area contributed by atoms with Crippen LogP contribution in [0.4, 0.5) is 0 Å². The summed E-state index contributed by atoms with van der Waals surface area (Å²) in [6, 6.07) is 10.1. The van der Waals surface area contributed by atoms with Crippen LogP contribution in [0.25, 0.3) is 0 Å². The van der Waals surface area contributed by atoms with Crippen LogP contribution in [0.2, 0.25) is 0 Å². The molecule has 2 atom stereocenters. The third-order valence-corrected chi connectivity index (χ3v) is 4.59. The van der Waals surface area contributed by atoms with Crippen molar-refractivity contribution in [2.45, 2.75) is 58.0 Å². The fourth-order valence-electron chi connectivity index (χ4n) is 3.10. The predicted octanol–water partition coefficient (Wildman–Crippen LogP) is 3.93. The summed E-state index contributed by atoms with van der Waals surface area (Å²) in [5, 5.41) is 0. The minimum atomic E-state index is 0.331. The molecule has 1 saturated carbocycles.